The van der Waals surface area contributed by atoms with E-state index in [9.17, 15) is 24.6 Å². The number of carbonyl (C=O) groups excluding carboxylic acids is 3. The fraction of sp³-hybridized carbons (Fsp3) is 0.316. The molecule has 0 radical (unpaired) electrons. The molecular weight excluding hydrogens is 361 g/mol. The van der Waals surface area contributed by atoms with Crippen LogP contribution in [0.4, 0.5) is 0 Å². The van der Waals surface area contributed by atoms with Gasteiger partial charge in [0.15, 0.2) is 0 Å². The summed E-state index contributed by atoms with van der Waals surface area (Å²) in [7, 11) is 0. The number of fused-ring (bicyclic) bond motifs is 1. The molecule has 1 amide bonds. The van der Waals surface area contributed by atoms with Crippen molar-refractivity contribution in [1.82, 2.24) is 4.90 Å². The van der Waals surface area contributed by atoms with Gasteiger partial charge in [0, 0.05) is 6.92 Å². The van der Waals surface area contributed by atoms with Gasteiger partial charge in [0.25, 0.3) is 0 Å². The number of carboxylic acids is 1. The van der Waals surface area contributed by atoms with Gasteiger partial charge in [0.2, 0.25) is 5.91 Å². The first-order valence-electron chi connectivity index (χ1n) is 8.16. The van der Waals surface area contributed by atoms with E-state index in [1.165, 1.54) is 18.7 Å². The maximum absolute atomic E-state index is 12.2. The molecule has 1 N–H and O–H groups in total. The third-order valence-corrected chi connectivity index (χ3v) is 4.73. The van der Waals surface area contributed by atoms with Crippen LogP contribution in [0, 0.1) is 5.92 Å². The van der Waals surface area contributed by atoms with E-state index in [0.717, 1.165) is 0 Å². The normalized spacial score (nSPS) is 21.7. The smallest absolute Gasteiger partial charge is 0.543 e. The van der Waals surface area contributed by atoms with Gasteiger partial charge in [0.1, 0.15) is 5.75 Å². The first kappa shape index (κ1) is 21.4. The third kappa shape index (κ3) is 3.73. The number of rotatable bonds is 5. The molecule has 3 atom stereocenters. The van der Waals surface area contributed by atoms with E-state index < -0.39 is 35.9 Å². The molecule has 27 heavy (non-hydrogen) atoms. The van der Waals surface area contributed by atoms with Crippen molar-refractivity contribution in [3.8, 4) is 5.75 Å². The van der Waals surface area contributed by atoms with Crippen LogP contribution in [0.2, 0.25) is 0 Å². The fourth-order valence-electron chi connectivity index (χ4n) is 3.62. The minimum Gasteiger partial charge on any atom is -0.543 e. The molecular formula is C19H18NNaO6. The van der Waals surface area contributed by atoms with Gasteiger partial charge in [-0.05, 0) is 42.2 Å². The SMILES string of the molecule is C=C(C1=C(C(=O)[O-])N2C(=O)[C@H]([C@@H](C)O)[C@H]2C1)c1cccc(OC(C)=O)c1.[Na+]. The van der Waals surface area contributed by atoms with Crippen LogP contribution in [0.15, 0.2) is 42.1 Å². The first-order valence-corrected chi connectivity index (χ1v) is 8.16. The van der Waals surface area contributed by atoms with E-state index in [0.29, 0.717) is 22.5 Å². The Kier molecular flexibility index (Phi) is 6.32. The average molecular weight is 379 g/mol. The zero-order valence-electron chi connectivity index (χ0n) is 15.4. The van der Waals surface area contributed by atoms with Crippen molar-refractivity contribution in [2.45, 2.75) is 32.4 Å². The van der Waals surface area contributed by atoms with Gasteiger partial charge in [-0.25, -0.2) is 0 Å². The Morgan fingerprint density at radius 3 is 2.63 bits per heavy atom. The van der Waals surface area contributed by atoms with Crippen molar-refractivity contribution in [3.63, 3.8) is 0 Å². The van der Waals surface area contributed by atoms with Crippen molar-refractivity contribution in [2.75, 3.05) is 0 Å². The van der Waals surface area contributed by atoms with Crippen LogP contribution in [0.5, 0.6) is 5.75 Å². The molecule has 0 aliphatic carbocycles. The maximum Gasteiger partial charge on any atom is 1.00 e. The van der Waals surface area contributed by atoms with Gasteiger partial charge >= 0.3 is 35.5 Å². The number of carboxylic acid groups (broad SMARTS) is 1. The van der Waals surface area contributed by atoms with Gasteiger partial charge < -0.3 is 24.6 Å². The first-order chi connectivity index (χ1) is 12.2. The van der Waals surface area contributed by atoms with Crippen molar-refractivity contribution < 1.29 is 58.9 Å². The second-order valence-corrected chi connectivity index (χ2v) is 6.46. The molecule has 0 spiro atoms. The van der Waals surface area contributed by atoms with Crippen molar-refractivity contribution in [2.24, 2.45) is 5.92 Å². The molecule has 0 bridgehead atoms. The van der Waals surface area contributed by atoms with Crippen molar-refractivity contribution in [3.05, 3.63) is 47.7 Å². The largest absolute Gasteiger partial charge is 1.00 e. The summed E-state index contributed by atoms with van der Waals surface area (Å²) in [5.74, 6) is -2.69. The monoisotopic (exact) mass is 379 g/mol. The Bertz CT molecular complexity index is 860. The molecule has 2 aliphatic rings. The zero-order chi connectivity index (χ0) is 19.2. The van der Waals surface area contributed by atoms with E-state index in [2.05, 4.69) is 6.58 Å². The van der Waals surface area contributed by atoms with E-state index in [1.54, 1.807) is 24.3 Å². The Labute approximate surface area is 178 Å². The van der Waals surface area contributed by atoms with Gasteiger partial charge in [-0.3, -0.25) is 9.59 Å². The quantitative estimate of drug-likeness (QED) is 0.257. The number of nitrogens with zero attached hydrogens (tertiary/aromatic N) is 1. The summed E-state index contributed by atoms with van der Waals surface area (Å²) in [5.41, 5.74) is 1.15. The number of esters is 1. The molecule has 8 heteroatoms. The molecule has 1 aromatic rings. The zero-order valence-corrected chi connectivity index (χ0v) is 17.4. The van der Waals surface area contributed by atoms with Crippen LogP contribution in [-0.4, -0.2) is 40.0 Å². The minimum absolute atomic E-state index is 0. The molecule has 1 saturated heterocycles. The number of allylic oxidation sites excluding steroid dienone is 1. The molecule has 1 fully saturated rings. The van der Waals surface area contributed by atoms with Crippen molar-refractivity contribution >= 4 is 23.4 Å². The number of aliphatic carboxylic acids is 1. The summed E-state index contributed by atoms with van der Waals surface area (Å²) in [5, 5.41) is 21.4. The van der Waals surface area contributed by atoms with E-state index in [-0.39, 0.29) is 41.7 Å². The second-order valence-electron chi connectivity index (χ2n) is 6.46. The molecule has 3 rings (SSSR count). The van der Waals surface area contributed by atoms with Crippen LogP contribution < -0.4 is 39.4 Å². The van der Waals surface area contributed by atoms with Gasteiger partial charge in [-0.1, -0.05) is 18.7 Å². The van der Waals surface area contributed by atoms with Crippen LogP contribution >= 0.6 is 0 Å². The topological polar surface area (TPSA) is 107 Å². The molecule has 0 saturated carbocycles. The number of aliphatic hydroxyl groups is 1. The number of aliphatic hydroxyl groups excluding tert-OH is 1. The predicted molar refractivity (Wildman–Crippen MR) is 89.2 cm³/mol. The molecule has 136 valence electrons. The summed E-state index contributed by atoms with van der Waals surface area (Å²) < 4.78 is 5.04. The predicted octanol–water partition coefficient (Wildman–Crippen LogP) is -2.76. The van der Waals surface area contributed by atoms with Crippen LogP contribution in [0.1, 0.15) is 25.8 Å². The number of hydrogen-bond acceptors (Lipinski definition) is 6. The molecule has 0 unspecified atom stereocenters. The Balaban J connectivity index is 0.00000261. The van der Waals surface area contributed by atoms with Gasteiger partial charge in [-0.2, -0.15) is 0 Å². The Hall–Kier alpha value is -1.93. The maximum atomic E-state index is 12.2. The van der Waals surface area contributed by atoms with Crippen LogP contribution in [0.3, 0.4) is 0 Å². The summed E-state index contributed by atoms with van der Waals surface area (Å²) in [6, 6.07) is 6.12. The number of hydrogen-bond donors (Lipinski definition) is 1. The van der Waals surface area contributed by atoms with E-state index in [1.807, 2.05) is 0 Å². The van der Waals surface area contributed by atoms with Crippen LogP contribution in [0.25, 0.3) is 5.57 Å². The molecule has 1 aromatic carbocycles. The van der Waals surface area contributed by atoms with Crippen LogP contribution in [-0.2, 0) is 14.4 Å². The Morgan fingerprint density at radius 1 is 1.41 bits per heavy atom. The molecule has 2 heterocycles. The van der Waals surface area contributed by atoms with Crippen molar-refractivity contribution in [1.29, 1.82) is 0 Å². The van der Waals surface area contributed by atoms with E-state index >= 15 is 0 Å². The molecule has 7 nitrogen and oxygen atoms in total. The number of β-lactam (4-membered cyclic amide) rings is 1. The average Bonchev–Trinajstić information content (AvgIpc) is 2.88. The number of benzene rings is 1. The fourth-order valence-corrected chi connectivity index (χ4v) is 3.62. The van der Waals surface area contributed by atoms with E-state index in [4.69, 9.17) is 4.74 Å². The third-order valence-electron chi connectivity index (χ3n) is 4.73. The number of carbonyl (C=O) groups is 3. The summed E-state index contributed by atoms with van der Waals surface area (Å²) in [6.07, 6.45) is -0.604. The molecule has 2 aliphatic heterocycles. The summed E-state index contributed by atoms with van der Waals surface area (Å²) in [6.45, 7) is 6.75. The number of ether oxygens (including phenoxy) is 1. The Morgan fingerprint density at radius 2 is 2.07 bits per heavy atom. The standard InChI is InChI=1S/C19H19NO6.Na/c1-9(12-5-4-6-13(7-12)26-11(3)22)14-8-15-16(10(2)21)18(23)20(15)17(14)19(24)25;/h4-7,10,15-16,21H,1,8H2,2-3H3,(H,24,25);/q;+1/p-1/t10-,15-,16-;/m1./s1. The molecule has 0 aromatic heterocycles. The summed E-state index contributed by atoms with van der Waals surface area (Å²) in [4.78, 5) is 36.2. The summed E-state index contributed by atoms with van der Waals surface area (Å²) >= 11 is 0. The second kappa shape index (κ2) is 7.98. The minimum atomic E-state index is -1.46. The number of amides is 1. The van der Waals surface area contributed by atoms with Gasteiger partial charge in [0.05, 0.1) is 29.7 Å². The van der Waals surface area contributed by atoms with Gasteiger partial charge in [-0.15, -0.1) is 0 Å².